The summed E-state index contributed by atoms with van der Waals surface area (Å²) in [4.78, 5) is 15.1. The van der Waals surface area contributed by atoms with Crippen molar-refractivity contribution in [3.05, 3.63) is 54.4 Å². The minimum atomic E-state index is -4.29. The molecule has 1 atom stereocenters. The smallest absolute Gasteiger partial charge is 0.280 e. The van der Waals surface area contributed by atoms with Crippen LogP contribution in [0.3, 0.4) is 0 Å². The van der Waals surface area contributed by atoms with Crippen LogP contribution >= 0.6 is 0 Å². The lowest BCUT2D eigenvalue weighted by molar-refractivity contribution is -0.135. The van der Waals surface area contributed by atoms with Crippen LogP contribution in [0.1, 0.15) is 38.2 Å². The third-order valence-electron chi connectivity index (χ3n) is 6.19. The number of nitrogens with zero attached hydrogens (tertiary/aromatic N) is 1. The third kappa shape index (κ3) is 5.19. The van der Waals surface area contributed by atoms with Gasteiger partial charge in [0.05, 0.1) is 18.1 Å². The normalized spacial score (nSPS) is 20.6. The van der Waals surface area contributed by atoms with Crippen LogP contribution < -0.4 is 15.5 Å². The first kappa shape index (κ1) is 25.1. The summed E-state index contributed by atoms with van der Waals surface area (Å²) >= 11 is 0. The van der Waals surface area contributed by atoms with Gasteiger partial charge in [-0.15, -0.1) is 0 Å². The average molecular weight is 478 g/mol. The van der Waals surface area contributed by atoms with E-state index < -0.39 is 26.5 Å². The van der Waals surface area contributed by atoms with Gasteiger partial charge in [-0.1, -0.05) is 0 Å². The fourth-order valence-electron chi connectivity index (χ4n) is 4.48. The first-order chi connectivity index (χ1) is 15.9. The van der Waals surface area contributed by atoms with Gasteiger partial charge in [0.1, 0.15) is 5.75 Å². The molecule has 1 aliphatic carbocycles. The maximum atomic E-state index is 14.1. The average Bonchev–Trinajstić information content (AvgIpc) is 2.85. The van der Waals surface area contributed by atoms with Crippen molar-refractivity contribution in [2.45, 2.75) is 55.0 Å². The van der Waals surface area contributed by atoms with Gasteiger partial charge in [-0.25, -0.2) is 13.9 Å². The standard InChI is InChI=1S/C23H31N3O6S/c1-3-32-20-6-4-18(5-7-20)23(22(27)26-28,25-16-17-12-14-24-15-13-17)33(29,30)21-10-8-19(31-2)9-11-21/h8-15,18,20,25,28H,3-7,16H2,1-2H3,(H,26,27)/t18?,20?,23-/m1/s1. The van der Waals surface area contributed by atoms with Crippen molar-refractivity contribution in [1.29, 1.82) is 0 Å². The van der Waals surface area contributed by atoms with Crippen LogP contribution in [0.2, 0.25) is 0 Å². The van der Waals surface area contributed by atoms with E-state index in [9.17, 15) is 18.4 Å². The second kappa shape index (κ2) is 11.1. The number of aromatic nitrogens is 1. The van der Waals surface area contributed by atoms with E-state index in [1.54, 1.807) is 30.0 Å². The Morgan fingerprint density at radius 1 is 1.12 bits per heavy atom. The second-order valence-corrected chi connectivity index (χ2v) is 10.1. The minimum Gasteiger partial charge on any atom is -0.497 e. The number of nitrogens with one attached hydrogen (secondary N) is 2. The van der Waals surface area contributed by atoms with Gasteiger partial charge in [0.15, 0.2) is 0 Å². The molecule has 3 N–H and O–H groups in total. The van der Waals surface area contributed by atoms with E-state index in [1.165, 1.54) is 31.4 Å². The predicted octanol–water partition coefficient (Wildman–Crippen LogP) is 2.45. The molecule has 10 heteroatoms. The van der Waals surface area contributed by atoms with Crippen molar-refractivity contribution in [3.63, 3.8) is 0 Å². The zero-order valence-corrected chi connectivity index (χ0v) is 19.7. The van der Waals surface area contributed by atoms with Crippen LogP contribution in [0.5, 0.6) is 5.75 Å². The van der Waals surface area contributed by atoms with Gasteiger partial charge >= 0.3 is 0 Å². The van der Waals surface area contributed by atoms with E-state index in [0.717, 1.165) is 5.56 Å². The molecular formula is C23H31N3O6S. The number of sulfone groups is 1. The van der Waals surface area contributed by atoms with Crippen LogP contribution in [0.4, 0.5) is 0 Å². The van der Waals surface area contributed by atoms with E-state index in [-0.39, 0.29) is 17.5 Å². The monoisotopic (exact) mass is 477 g/mol. The molecule has 0 spiro atoms. The molecular weight excluding hydrogens is 446 g/mol. The Morgan fingerprint density at radius 2 is 1.76 bits per heavy atom. The van der Waals surface area contributed by atoms with E-state index in [4.69, 9.17) is 9.47 Å². The first-order valence-electron chi connectivity index (χ1n) is 11.0. The fourth-order valence-corrected chi connectivity index (χ4v) is 6.57. The molecule has 2 aromatic rings. The summed E-state index contributed by atoms with van der Waals surface area (Å²) in [5.74, 6) is -1.10. The van der Waals surface area contributed by atoms with E-state index in [1.807, 2.05) is 6.92 Å². The van der Waals surface area contributed by atoms with Gasteiger partial charge < -0.3 is 9.47 Å². The highest BCUT2D eigenvalue weighted by Gasteiger charge is 2.57. The molecule has 0 radical (unpaired) electrons. The summed E-state index contributed by atoms with van der Waals surface area (Å²) in [5, 5.41) is 12.7. The maximum absolute atomic E-state index is 14.1. The topological polar surface area (TPSA) is 127 Å². The van der Waals surface area contributed by atoms with Crippen LogP contribution in [-0.2, 0) is 25.9 Å². The lowest BCUT2D eigenvalue weighted by Gasteiger charge is -2.42. The van der Waals surface area contributed by atoms with Gasteiger partial charge in [0.25, 0.3) is 5.91 Å². The highest BCUT2D eigenvalue weighted by atomic mass is 32.2. The number of methoxy groups -OCH3 is 1. The zero-order chi connectivity index (χ0) is 23.9. The van der Waals surface area contributed by atoms with Crippen molar-refractivity contribution in [2.75, 3.05) is 13.7 Å². The summed E-state index contributed by atoms with van der Waals surface area (Å²) in [6, 6.07) is 9.36. The SMILES string of the molecule is CCOC1CCC([C@](NCc2ccncc2)(C(=O)NO)S(=O)(=O)c2ccc(OC)cc2)CC1. The van der Waals surface area contributed by atoms with Crippen LogP contribution in [0.15, 0.2) is 53.7 Å². The van der Waals surface area contributed by atoms with Crippen molar-refractivity contribution in [2.24, 2.45) is 5.92 Å². The number of hydroxylamine groups is 1. The van der Waals surface area contributed by atoms with Crippen LogP contribution in [0, 0.1) is 5.92 Å². The predicted molar refractivity (Wildman–Crippen MR) is 121 cm³/mol. The van der Waals surface area contributed by atoms with Crippen LogP contribution in [-0.4, -0.2) is 49.2 Å². The molecule has 9 nitrogen and oxygen atoms in total. The lowest BCUT2D eigenvalue weighted by Crippen LogP contribution is -2.66. The molecule has 180 valence electrons. The van der Waals surface area contributed by atoms with Crippen molar-refractivity contribution in [3.8, 4) is 5.75 Å². The van der Waals surface area contributed by atoms with Gasteiger partial charge in [0.2, 0.25) is 14.7 Å². The molecule has 1 aromatic heterocycles. The molecule has 1 fully saturated rings. The second-order valence-electron chi connectivity index (χ2n) is 7.99. The molecule has 1 heterocycles. The molecule has 3 rings (SSSR count). The van der Waals surface area contributed by atoms with Crippen molar-refractivity contribution >= 4 is 15.7 Å². The molecule has 1 amide bonds. The fraction of sp³-hybridized carbons (Fsp3) is 0.478. The van der Waals surface area contributed by atoms with Gasteiger partial charge in [0, 0.05) is 31.5 Å². The summed E-state index contributed by atoms with van der Waals surface area (Å²) < 4.78 is 39.0. The highest BCUT2D eigenvalue weighted by molar-refractivity contribution is 7.93. The molecule has 1 aliphatic rings. The number of amides is 1. The van der Waals surface area contributed by atoms with Crippen molar-refractivity contribution in [1.82, 2.24) is 15.8 Å². The Balaban J connectivity index is 2.06. The van der Waals surface area contributed by atoms with Gasteiger partial charge in [-0.2, -0.15) is 0 Å². The lowest BCUT2D eigenvalue weighted by atomic mass is 9.81. The molecule has 1 saturated carbocycles. The molecule has 1 aromatic carbocycles. The summed E-state index contributed by atoms with van der Waals surface area (Å²) in [5.41, 5.74) is 2.38. The van der Waals surface area contributed by atoms with Crippen molar-refractivity contribution < 1.29 is 27.9 Å². The maximum Gasteiger partial charge on any atom is 0.280 e. The van der Waals surface area contributed by atoms with E-state index >= 15 is 0 Å². The van der Waals surface area contributed by atoms with E-state index in [0.29, 0.717) is 38.0 Å². The quantitative estimate of drug-likeness (QED) is 0.352. The highest BCUT2D eigenvalue weighted by Crippen LogP contribution is 2.40. The molecule has 0 bridgehead atoms. The largest absolute Gasteiger partial charge is 0.497 e. The number of carbonyl (C=O) groups excluding carboxylic acids is 1. The van der Waals surface area contributed by atoms with E-state index in [2.05, 4.69) is 10.3 Å². The Morgan fingerprint density at radius 3 is 2.30 bits per heavy atom. The Hall–Kier alpha value is -2.53. The summed E-state index contributed by atoms with van der Waals surface area (Å²) in [6.45, 7) is 2.58. The summed E-state index contributed by atoms with van der Waals surface area (Å²) in [6.07, 6.45) is 5.33. The Bertz CT molecular complexity index is 1010. The number of rotatable bonds is 10. The number of carbonyl (C=O) groups is 1. The number of hydrogen-bond acceptors (Lipinski definition) is 8. The third-order valence-corrected chi connectivity index (χ3v) is 8.59. The molecule has 0 unspecified atom stereocenters. The number of hydrogen-bond donors (Lipinski definition) is 3. The Kier molecular flexibility index (Phi) is 8.41. The summed E-state index contributed by atoms with van der Waals surface area (Å²) in [7, 11) is -2.81. The Labute approximate surface area is 194 Å². The number of ether oxygens (including phenoxy) is 2. The number of pyridine rings is 1. The molecule has 0 aliphatic heterocycles. The molecule has 33 heavy (non-hydrogen) atoms. The molecule has 0 saturated heterocycles. The first-order valence-corrected chi connectivity index (χ1v) is 12.5. The number of benzene rings is 1. The zero-order valence-electron chi connectivity index (χ0n) is 18.9. The van der Waals surface area contributed by atoms with Crippen LogP contribution in [0.25, 0.3) is 0 Å². The van der Waals surface area contributed by atoms with Gasteiger partial charge in [-0.3, -0.25) is 20.3 Å². The minimum absolute atomic E-state index is 0.0185. The van der Waals surface area contributed by atoms with Gasteiger partial charge in [-0.05, 0) is 74.6 Å².